The summed E-state index contributed by atoms with van der Waals surface area (Å²) in [6, 6.07) is 8.09. The quantitative estimate of drug-likeness (QED) is 0.561. The van der Waals surface area contributed by atoms with Gasteiger partial charge in [-0.3, -0.25) is 4.79 Å². The Labute approximate surface area is 103 Å². The lowest BCUT2D eigenvalue weighted by Crippen LogP contribution is -2.27. The molecule has 0 aliphatic rings. The molecule has 0 aliphatic heterocycles. The van der Waals surface area contributed by atoms with Crippen molar-refractivity contribution in [3.05, 3.63) is 29.8 Å². The molecular weight excluding hydrogens is 214 g/mol. The maximum Gasteiger partial charge on any atom is 0.325 e. The second-order valence-corrected chi connectivity index (χ2v) is 4.27. The van der Waals surface area contributed by atoms with Crippen LogP contribution in [0, 0.1) is 6.92 Å². The molecule has 0 saturated carbocycles. The second kappa shape index (κ2) is 6.94. The average molecular weight is 235 g/mol. The van der Waals surface area contributed by atoms with Crippen molar-refractivity contribution >= 4 is 11.7 Å². The van der Waals surface area contributed by atoms with Crippen molar-refractivity contribution in [1.82, 2.24) is 0 Å². The minimum absolute atomic E-state index is 0.165. The van der Waals surface area contributed by atoms with Crippen LogP contribution in [-0.4, -0.2) is 26.2 Å². The zero-order chi connectivity index (χ0) is 12.7. The summed E-state index contributed by atoms with van der Waals surface area (Å²) in [5, 5.41) is 0. The topological polar surface area (TPSA) is 29.5 Å². The molecule has 1 rings (SSSR count). The number of anilines is 1. The lowest BCUT2D eigenvalue weighted by Gasteiger charge is -2.18. The van der Waals surface area contributed by atoms with Crippen molar-refractivity contribution in [3.63, 3.8) is 0 Å². The van der Waals surface area contributed by atoms with E-state index >= 15 is 0 Å². The zero-order valence-corrected chi connectivity index (χ0v) is 10.9. The van der Waals surface area contributed by atoms with Crippen molar-refractivity contribution in [2.75, 3.05) is 25.1 Å². The Kier molecular flexibility index (Phi) is 5.53. The van der Waals surface area contributed by atoms with Gasteiger partial charge in [-0.05, 0) is 25.5 Å². The molecule has 0 aliphatic carbocycles. The first-order valence-electron chi connectivity index (χ1n) is 6.07. The first-order valence-corrected chi connectivity index (χ1v) is 6.07. The van der Waals surface area contributed by atoms with Gasteiger partial charge in [0.25, 0.3) is 0 Å². The molecule has 1 aromatic carbocycles. The highest BCUT2D eigenvalue weighted by atomic mass is 16.5. The van der Waals surface area contributed by atoms with E-state index in [0.717, 1.165) is 18.5 Å². The third-order valence-corrected chi connectivity index (χ3v) is 2.60. The summed E-state index contributed by atoms with van der Waals surface area (Å²) in [4.78, 5) is 13.4. The van der Waals surface area contributed by atoms with Gasteiger partial charge in [0, 0.05) is 12.7 Å². The molecule has 0 heterocycles. The molecule has 0 spiro atoms. The van der Waals surface area contributed by atoms with E-state index in [-0.39, 0.29) is 5.97 Å². The van der Waals surface area contributed by atoms with Gasteiger partial charge in [0.15, 0.2) is 0 Å². The van der Waals surface area contributed by atoms with Crippen molar-refractivity contribution in [1.29, 1.82) is 0 Å². The molecule has 3 heteroatoms. The number of aryl methyl sites for hydroxylation is 1. The molecule has 17 heavy (non-hydrogen) atoms. The average Bonchev–Trinajstić information content (AvgIpc) is 2.30. The maximum absolute atomic E-state index is 11.5. The van der Waals surface area contributed by atoms with Gasteiger partial charge in [0.2, 0.25) is 0 Å². The minimum atomic E-state index is -0.165. The van der Waals surface area contributed by atoms with E-state index in [4.69, 9.17) is 4.74 Å². The molecule has 0 amide bonds. The largest absolute Gasteiger partial charge is 0.464 e. The number of ether oxygens (including phenoxy) is 1. The summed E-state index contributed by atoms with van der Waals surface area (Å²) in [5.41, 5.74) is 2.25. The van der Waals surface area contributed by atoms with Crippen molar-refractivity contribution in [2.45, 2.75) is 26.7 Å². The van der Waals surface area contributed by atoms with Crippen LogP contribution in [0.15, 0.2) is 24.3 Å². The van der Waals surface area contributed by atoms with Crippen molar-refractivity contribution in [3.8, 4) is 0 Å². The first kappa shape index (κ1) is 13.6. The van der Waals surface area contributed by atoms with Crippen molar-refractivity contribution < 1.29 is 9.53 Å². The summed E-state index contributed by atoms with van der Waals surface area (Å²) in [7, 11) is 1.89. The molecule has 0 radical (unpaired) electrons. The van der Waals surface area contributed by atoms with Crippen LogP contribution in [0.4, 0.5) is 5.69 Å². The lowest BCUT2D eigenvalue weighted by molar-refractivity contribution is -0.142. The van der Waals surface area contributed by atoms with E-state index in [2.05, 4.69) is 6.92 Å². The van der Waals surface area contributed by atoms with Gasteiger partial charge in [-0.1, -0.05) is 31.0 Å². The van der Waals surface area contributed by atoms with Crippen LogP contribution in [0.2, 0.25) is 0 Å². The summed E-state index contributed by atoms with van der Waals surface area (Å²) >= 11 is 0. The van der Waals surface area contributed by atoms with Crippen LogP contribution in [0.1, 0.15) is 25.3 Å². The summed E-state index contributed by atoms with van der Waals surface area (Å²) in [5.74, 6) is -0.165. The Morgan fingerprint density at radius 3 is 2.53 bits per heavy atom. The highest BCUT2D eigenvalue weighted by Crippen LogP contribution is 2.12. The fraction of sp³-hybridized carbons (Fsp3) is 0.500. The third kappa shape index (κ3) is 4.89. The van der Waals surface area contributed by atoms with Crippen LogP contribution in [-0.2, 0) is 9.53 Å². The number of likely N-dealkylation sites (N-methyl/N-ethyl adjacent to an activating group) is 1. The monoisotopic (exact) mass is 235 g/mol. The Bertz CT molecular complexity index is 346. The molecule has 0 N–H and O–H groups in total. The molecule has 0 unspecified atom stereocenters. The van der Waals surface area contributed by atoms with E-state index in [1.807, 2.05) is 43.1 Å². The molecule has 94 valence electrons. The smallest absolute Gasteiger partial charge is 0.325 e. The Morgan fingerprint density at radius 2 is 1.94 bits per heavy atom. The standard InChI is InChI=1S/C14H21NO2/c1-4-5-10-17-14(16)11-15(3)13-8-6-12(2)7-9-13/h6-9H,4-5,10-11H2,1-3H3. The molecule has 0 fully saturated rings. The van der Waals surface area contributed by atoms with E-state index < -0.39 is 0 Å². The van der Waals surface area contributed by atoms with Gasteiger partial charge in [0.05, 0.1) is 6.61 Å². The number of carbonyl (C=O) groups excluding carboxylic acids is 1. The van der Waals surface area contributed by atoms with Gasteiger partial charge in [0.1, 0.15) is 6.54 Å². The SMILES string of the molecule is CCCCOC(=O)CN(C)c1ccc(C)cc1. The van der Waals surface area contributed by atoms with Gasteiger partial charge in [-0.15, -0.1) is 0 Å². The normalized spacial score (nSPS) is 10.1. The number of unbranched alkanes of at least 4 members (excludes halogenated alkanes) is 1. The number of hydrogen-bond donors (Lipinski definition) is 0. The highest BCUT2D eigenvalue weighted by Gasteiger charge is 2.07. The number of benzene rings is 1. The van der Waals surface area contributed by atoms with Crippen LogP contribution >= 0.6 is 0 Å². The fourth-order valence-electron chi connectivity index (χ4n) is 1.46. The number of esters is 1. The van der Waals surface area contributed by atoms with Gasteiger partial charge in [-0.25, -0.2) is 0 Å². The summed E-state index contributed by atoms with van der Waals surface area (Å²) in [6.07, 6.45) is 1.97. The molecule has 0 aromatic heterocycles. The minimum Gasteiger partial charge on any atom is -0.464 e. The predicted molar refractivity (Wildman–Crippen MR) is 70.3 cm³/mol. The van der Waals surface area contributed by atoms with E-state index in [1.165, 1.54) is 5.56 Å². The third-order valence-electron chi connectivity index (χ3n) is 2.60. The highest BCUT2D eigenvalue weighted by molar-refractivity contribution is 5.75. The van der Waals surface area contributed by atoms with Crippen LogP contribution in [0.3, 0.4) is 0 Å². The van der Waals surface area contributed by atoms with E-state index in [1.54, 1.807) is 0 Å². The Balaban J connectivity index is 2.40. The number of rotatable bonds is 6. The molecule has 0 saturated heterocycles. The van der Waals surface area contributed by atoms with Gasteiger partial charge in [-0.2, -0.15) is 0 Å². The number of hydrogen-bond acceptors (Lipinski definition) is 3. The zero-order valence-electron chi connectivity index (χ0n) is 10.9. The molecule has 0 atom stereocenters. The van der Waals surface area contributed by atoms with Crippen molar-refractivity contribution in [2.24, 2.45) is 0 Å². The van der Waals surface area contributed by atoms with Gasteiger partial charge < -0.3 is 9.64 Å². The molecular formula is C14H21NO2. The summed E-state index contributed by atoms with van der Waals surface area (Å²) in [6.45, 7) is 4.94. The number of carbonyl (C=O) groups is 1. The lowest BCUT2D eigenvalue weighted by atomic mass is 10.2. The molecule has 3 nitrogen and oxygen atoms in total. The predicted octanol–water partition coefficient (Wildman–Crippen LogP) is 2.77. The Hall–Kier alpha value is -1.51. The molecule has 0 bridgehead atoms. The number of nitrogens with zero attached hydrogens (tertiary/aromatic N) is 1. The first-order chi connectivity index (χ1) is 8.13. The second-order valence-electron chi connectivity index (χ2n) is 4.27. The van der Waals surface area contributed by atoms with Crippen LogP contribution in [0.25, 0.3) is 0 Å². The fourth-order valence-corrected chi connectivity index (χ4v) is 1.46. The van der Waals surface area contributed by atoms with Crippen LogP contribution < -0.4 is 4.90 Å². The van der Waals surface area contributed by atoms with E-state index in [9.17, 15) is 4.79 Å². The maximum atomic E-state index is 11.5. The molecule has 1 aromatic rings. The summed E-state index contributed by atoms with van der Waals surface area (Å²) < 4.78 is 5.12. The van der Waals surface area contributed by atoms with E-state index in [0.29, 0.717) is 13.2 Å². The van der Waals surface area contributed by atoms with Gasteiger partial charge >= 0.3 is 5.97 Å². The Morgan fingerprint density at radius 1 is 1.29 bits per heavy atom. The van der Waals surface area contributed by atoms with Crippen LogP contribution in [0.5, 0.6) is 0 Å².